The molecule has 0 aliphatic heterocycles. The molecule has 0 radical (unpaired) electrons. The number of ether oxygens (including phenoxy) is 1. The van der Waals surface area contributed by atoms with Crippen LogP contribution in [-0.2, 0) is 0 Å². The van der Waals surface area contributed by atoms with Gasteiger partial charge in [-0.1, -0.05) is 19.1 Å². The molecule has 1 amide bonds. The smallest absolute Gasteiger partial charge is 0.255 e. The molecule has 110 valence electrons. The summed E-state index contributed by atoms with van der Waals surface area (Å²) in [7, 11) is 0. The van der Waals surface area contributed by atoms with E-state index in [9.17, 15) is 9.18 Å². The zero-order valence-corrected chi connectivity index (χ0v) is 12.2. The first-order valence-corrected chi connectivity index (χ1v) is 6.91. The summed E-state index contributed by atoms with van der Waals surface area (Å²) in [6.07, 6.45) is 0.888. The number of hydrogen-bond acceptors (Lipinski definition) is 2. The van der Waals surface area contributed by atoms with Gasteiger partial charge in [-0.05, 0) is 49.2 Å². The lowest BCUT2D eigenvalue weighted by Crippen LogP contribution is -2.13. The van der Waals surface area contributed by atoms with Crippen LogP contribution in [0.2, 0.25) is 0 Å². The quantitative estimate of drug-likeness (QED) is 0.896. The summed E-state index contributed by atoms with van der Waals surface area (Å²) < 4.78 is 18.8. The summed E-state index contributed by atoms with van der Waals surface area (Å²) in [6.45, 7) is 4.23. The standard InChI is InChI=1S/C17H18FNO2/c1-3-10-21-16-7-5-4-6-15(16)19-17(20)13-8-9-14(18)12(2)11-13/h4-9,11H,3,10H2,1-2H3,(H,19,20). The summed E-state index contributed by atoms with van der Waals surface area (Å²) in [4.78, 5) is 12.2. The second-order valence-electron chi connectivity index (χ2n) is 4.76. The summed E-state index contributed by atoms with van der Waals surface area (Å²) in [6, 6.07) is 11.5. The molecule has 0 saturated heterocycles. The molecule has 3 nitrogen and oxygen atoms in total. The molecule has 0 bridgehead atoms. The Labute approximate surface area is 123 Å². The molecule has 1 N–H and O–H groups in total. The molecule has 2 aromatic rings. The zero-order valence-electron chi connectivity index (χ0n) is 12.2. The van der Waals surface area contributed by atoms with Crippen molar-refractivity contribution < 1.29 is 13.9 Å². The second kappa shape index (κ2) is 6.88. The van der Waals surface area contributed by atoms with Gasteiger partial charge in [-0.15, -0.1) is 0 Å². The van der Waals surface area contributed by atoms with E-state index in [0.717, 1.165) is 6.42 Å². The number of carbonyl (C=O) groups excluding carboxylic acids is 1. The summed E-state index contributed by atoms with van der Waals surface area (Å²) in [5, 5.41) is 2.80. The first kappa shape index (κ1) is 15.0. The van der Waals surface area contributed by atoms with Crippen molar-refractivity contribution in [2.75, 3.05) is 11.9 Å². The molecule has 0 atom stereocenters. The summed E-state index contributed by atoms with van der Waals surface area (Å²) in [5.74, 6) is 0.0235. The maximum atomic E-state index is 13.2. The van der Waals surface area contributed by atoms with Crippen molar-refractivity contribution in [1.29, 1.82) is 0 Å². The largest absolute Gasteiger partial charge is 0.491 e. The van der Waals surface area contributed by atoms with Gasteiger partial charge in [0, 0.05) is 5.56 Å². The third kappa shape index (κ3) is 3.81. The predicted octanol–water partition coefficient (Wildman–Crippen LogP) is 4.18. The highest BCUT2D eigenvalue weighted by molar-refractivity contribution is 6.05. The SMILES string of the molecule is CCCOc1ccccc1NC(=O)c1ccc(F)c(C)c1. The van der Waals surface area contributed by atoms with Crippen LogP contribution in [0, 0.1) is 12.7 Å². The molecule has 0 heterocycles. The predicted molar refractivity (Wildman–Crippen MR) is 81.3 cm³/mol. The molecule has 2 aromatic carbocycles. The summed E-state index contributed by atoms with van der Waals surface area (Å²) >= 11 is 0. The molecule has 0 aliphatic carbocycles. The van der Waals surface area contributed by atoms with Crippen LogP contribution in [0.1, 0.15) is 29.3 Å². The Morgan fingerprint density at radius 3 is 2.71 bits per heavy atom. The normalized spacial score (nSPS) is 10.2. The van der Waals surface area contributed by atoms with Gasteiger partial charge in [0.2, 0.25) is 0 Å². The van der Waals surface area contributed by atoms with E-state index in [-0.39, 0.29) is 11.7 Å². The first-order valence-electron chi connectivity index (χ1n) is 6.91. The topological polar surface area (TPSA) is 38.3 Å². The van der Waals surface area contributed by atoms with E-state index in [2.05, 4.69) is 5.32 Å². The molecule has 0 aromatic heterocycles. The number of anilines is 1. The average Bonchev–Trinajstić information content (AvgIpc) is 2.49. The monoisotopic (exact) mass is 287 g/mol. The summed E-state index contributed by atoms with van der Waals surface area (Å²) in [5.41, 5.74) is 1.47. The van der Waals surface area contributed by atoms with Gasteiger partial charge in [0.25, 0.3) is 5.91 Å². The average molecular weight is 287 g/mol. The van der Waals surface area contributed by atoms with E-state index in [0.29, 0.717) is 29.2 Å². The molecule has 0 spiro atoms. The lowest BCUT2D eigenvalue weighted by molar-refractivity contribution is 0.102. The van der Waals surface area contributed by atoms with Gasteiger partial charge in [0.15, 0.2) is 0 Å². The zero-order chi connectivity index (χ0) is 15.2. The lowest BCUT2D eigenvalue weighted by atomic mass is 10.1. The molecule has 4 heteroatoms. The highest BCUT2D eigenvalue weighted by Crippen LogP contribution is 2.24. The second-order valence-corrected chi connectivity index (χ2v) is 4.76. The van der Waals surface area contributed by atoms with E-state index in [1.54, 1.807) is 19.1 Å². The number of aryl methyl sites for hydroxylation is 1. The fourth-order valence-corrected chi connectivity index (χ4v) is 1.89. The number of para-hydroxylation sites is 2. The first-order chi connectivity index (χ1) is 10.1. The Morgan fingerprint density at radius 1 is 1.24 bits per heavy atom. The van der Waals surface area contributed by atoms with Crippen LogP contribution in [-0.4, -0.2) is 12.5 Å². The van der Waals surface area contributed by atoms with Crippen molar-refractivity contribution in [1.82, 2.24) is 0 Å². The molecular formula is C17H18FNO2. The van der Waals surface area contributed by atoms with E-state index >= 15 is 0 Å². The van der Waals surface area contributed by atoms with Crippen molar-refractivity contribution in [2.24, 2.45) is 0 Å². The maximum Gasteiger partial charge on any atom is 0.255 e. The van der Waals surface area contributed by atoms with Gasteiger partial charge in [0.1, 0.15) is 11.6 Å². The van der Waals surface area contributed by atoms with Crippen molar-refractivity contribution in [3.05, 3.63) is 59.4 Å². The molecule has 0 unspecified atom stereocenters. The number of nitrogens with one attached hydrogen (secondary N) is 1. The van der Waals surface area contributed by atoms with E-state index in [1.807, 2.05) is 19.1 Å². The lowest BCUT2D eigenvalue weighted by Gasteiger charge is -2.12. The van der Waals surface area contributed by atoms with E-state index in [4.69, 9.17) is 4.74 Å². The molecule has 2 rings (SSSR count). The number of amides is 1. The fraction of sp³-hybridized carbons (Fsp3) is 0.235. The number of carbonyl (C=O) groups is 1. The van der Waals surface area contributed by atoms with Gasteiger partial charge in [-0.2, -0.15) is 0 Å². The number of hydrogen-bond donors (Lipinski definition) is 1. The third-order valence-electron chi connectivity index (χ3n) is 3.02. The van der Waals surface area contributed by atoms with Crippen LogP contribution < -0.4 is 10.1 Å². The molecular weight excluding hydrogens is 269 g/mol. The highest BCUT2D eigenvalue weighted by Gasteiger charge is 2.11. The fourth-order valence-electron chi connectivity index (χ4n) is 1.89. The van der Waals surface area contributed by atoms with Gasteiger partial charge < -0.3 is 10.1 Å². The van der Waals surface area contributed by atoms with Gasteiger partial charge >= 0.3 is 0 Å². The Bertz CT molecular complexity index is 640. The Kier molecular flexibility index (Phi) is 4.93. The molecule has 0 saturated carbocycles. The van der Waals surface area contributed by atoms with Gasteiger partial charge in [0.05, 0.1) is 12.3 Å². The van der Waals surface area contributed by atoms with Crippen LogP contribution in [0.4, 0.5) is 10.1 Å². The Morgan fingerprint density at radius 2 is 2.00 bits per heavy atom. The van der Waals surface area contributed by atoms with Crippen molar-refractivity contribution in [2.45, 2.75) is 20.3 Å². The van der Waals surface area contributed by atoms with Gasteiger partial charge in [-0.25, -0.2) is 4.39 Å². The highest BCUT2D eigenvalue weighted by atomic mass is 19.1. The van der Waals surface area contributed by atoms with Crippen LogP contribution in [0.5, 0.6) is 5.75 Å². The van der Waals surface area contributed by atoms with Crippen molar-refractivity contribution in [3.63, 3.8) is 0 Å². The van der Waals surface area contributed by atoms with Crippen LogP contribution in [0.3, 0.4) is 0 Å². The molecule has 0 fully saturated rings. The minimum Gasteiger partial charge on any atom is -0.491 e. The van der Waals surface area contributed by atoms with Crippen LogP contribution in [0.15, 0.2) is 42.5 Å². The Hall–Kier alpha value is -2.36. The Balaban J connectivity index is 2.17. The molecule has 0 aliphatic rings. The number of benzene rings is 2. The van der Waals surface area contributed by atoms with E-state index in [1.165, 1.54) is 18.2 Å². The minimum absolute atomic E-state index is 0.286. The van der Waals surface area contributed by atoms with Crippen LogP contribution >= 0.6 is 0 Å². The number of rotatable bonds is 5. The van der Waals surface area contributed by atoms with Crippen LogP contribution in [0.25, 0.3) is 0 Å². The minimum atomic E-state index is -0.321. The van der Waals surface area contributed by atoms with Crippen molar-refractivity contribution >= 4 is 11.6 Å². The maximum absolute atomic E-state index is 13.2. The number of halogens is 1. The van der Waals surface area contributed by atoms with Gasteiger partial charge in [-0.3, -0.25) is 4.79 Å². The van der Waals surface area contributed by atoms with Crippen molar-refractivity contribution in [3.8, 4) is 5.75 Å². The third-order valence-corrected chi connectivity index (χ3v) is 3.02. The molecule has 21 heavy (non-hydrogen) atoms. The van der Waals surface area contributed by atoms with E-state index < -0.39 is 0 Å².